The number of hydrogen-bond acceptors (Lipinski definition) is 3. The Morgan fingerprint density at radius 2 is 2.22 bits per heavy atom. The minimum atomic E-state index is 0.129. The van der Waals surface area contributed by atoms with Crippen molar-refractivity contribution in [1.82, 2.24) is 19.6 Å². The van der Waals surface area contributed by atoms with Crippen LogP contribution in [0, 0.1) is 6.92 Å². The zero-order valence-corrected chi connectivity index (χ0v) is 11.1. The minimum Gasteiger partial charge on any atom is -0.334 e. The van der Waals surface area contributed by atoms with Crippen LogP contribution in [0.25, 0.3) is 0 Å². The van der Waals surface area contributed by atoms with Gasteiger partial charge in [0.05, 0.1) is 5.69 Å². The summed E-state index contributed by atoms with van der Waals surface area (Å²) in [5.74, 6) is 0.129. The molecule has 98 valence electrons. The number of aromatic nitrogens is 2. The van der Waals surface area contributed by atoms with Crippen LogP contribution in [-0.2, 0) is 7.05 Å². The molecule has 0 radical (unpaired) electrons. The lowest BCUT2D eigenvalue weighted by atomic mass is 10.1. The molecule has 0 bridgehead atoms. The van der Waals surface area contributed by atoms with E-state index in [-0.39, 0.29) is 5.91 Å². The Labute approximate surface area is 107 Å². The van der Waals surface area contributed by atoms with Crippen molar-refractivity contribution >= 4 is 5.91 Å². The second-order valence-electron chi connectivity index (χ2n) is 5.38. The first-order chi connectivity index (χ1) is 8.65. The van der Waals surface area contributed by atoms with Gasteiger partial charge in [0.1, 0.15) is 5.69 Å². The van der Waals surface area contributed by atoms with Crippen LogP contribution in [0.4, 0.5) is 0 Å². The summed E-state index contributed by atoms with van der Waals surface area (Å²) in [6.45, 7) is 5.87. The van der Waals surface area contributed by atoms with E-state index in [1.165, 1.54) is 19.4 Å². The van der Waals surface area contributed by atoms with Crippen LogP contribution in [-0.4, -0.2) is 57.7 Å². The van der Waals surface area contributed by atoms with Crippen molar-refractivity contribution < 1.29 is 4.79 Å². The monoisotopic (exact) mass is 248 g/mol. The Balaban J connectivity index is 1.75. The molecule has 2 saturated heterocycles. The van der Waals surface area contributed by atoms with Gasteiger partial charge in [0.15, 0.2) is 0 Å². The summed E-state index contributed by atoms with van der Waals surface area (Å²) in [7, 11) is 1.84. The van der Waals surface area contributed by atoms with Gasteiger partial charge in [-0.2, -0.15) is 5.10 Å². The van der Waals surface area contributed by atoms with E-state index in [4.69, 9.17) is 0 Å². The van der Waals surface area contributed by atoms with Crippen LogP contribution in [0.15, 0.2) is 6.07 Å². The summed E-state index contributed by atoms with van der Waals surface area (Å²) in [4.78, 5) is 17.0. The van der Waals surface area contributed by atoms with Crippen molar-refractivity contribution in [2.45, 2.75) is 25.8 Å². The number of rotatable bonds is 1. The number of fused-ring (bicyclic) bond motifs is 1. The summed E-state index contributed by atoms with van der Waals surface area (Å²) < 4.78 is 1.69. The fourth-order valence-corrected chi connectivity index (χ4v) is 3.15. The molecule has 5 nitrogen and oxygen atoms in total. The number of nitrogens with zero attached hydrogens (tertiary/aromatic N) is 4. The average Bonchev–Trinajstić information content (AvgIpc) is 2.93. The van der Waals surface area contributed by atoms with Gasteiger partial charge in [-0.05, 0) is 32.4 Å². The highest BCUT2D eigenvalue weighted by Gasteiger charge is 2.33. The maximum atomic E-state index is 12.5. The lowest BCUT2D eigenvalue weighted by molar-refractivity contribution is 0.0561. The molecule has 0 N–H and O–H groups in total. The zero-order valence-electron chi connectivity index (χ0n) is 11.1. The van der Waals surface area contributed by atoms with Crippen molar-refractivity contribution in [3.63, 3.8) is 0 Å². The smallest absolute Gasteiger partial charge is 0.272 e. The molecule has 1 amide bonds. The molecule has 2 aliphatic heterocycles. The van der Waals surface area contributed by atoms with Gasteiger partial charge in [-0.1, -0.05) is 0 Å². The van der Waals surface area contributed by atoms with E-state index >= 15 is 0 Å². The van der Waals surface area contributed by atoms with E-state index in [2.05, 4.69) is 10.00 Å². The lowest BCUT2D eigenvalue weighted by Crippen LogP contribution is -2.52. The van der Waals surface area contributed by atoms with Gasteiger partial charge in [-0.3, -0.25) is 14.4 Å². The minimum absolute atomic E-state index is 0.129. The molecule has 1 aromatic heterocycles. The van der Waals surface area contributed by atoms with Crippen molar-refractivity contribution in [3.05, 3.63) is 17.5 Å². The maximum Gasteiger partial charge on any atom is 0.272 e. The van der Waals surface area contributed by atoms with Gasteiger partial charge in [-0.25, -0.2) is 0 Å². The maximum absolute atomic E-state index is 12.5. The Kier molecular flexibility index (Phi) is 2.86. The third-order valence-corrected chi connectivity index (χ3v) is 4.10. The molecule has 1 atom stereocenters. The van der Waals surface area contributed by atoms with Crippen molar-refractivity contribution in [3.8, 4) is 0 Å². The molecule has 2 fully saturated rings. The highest BCUT2D eigenvalue weighted by atomic mass is 16.2. The summed E-state index contributed by atoms with van der Waals surface area (Å²) in [6.07, 6.45) is 2.51. The van der Waals surface area contributed by atoms with E-state index in [0.29, 0.717) is 11.7 Å². The summed E-state index contributed by atoms with van der Waals surface area (Å²) in [5, 5.41) is 4.25. The summed E-state index contributed by atoms with van der Waals surface area (Å²) in [5.41, 5.74) is 1.61. The second-order valence-corrected chi connectivity index (χ2v) is 5.38. The lowest BCUT2D eigenvalue weighted by Gasteiger charge is -2.37. The molecule has 18 heavy (non-hydrogen) atoms. The van der Waals surface area contributed by atoms with Crippen molar-refractivity contribution in [2.24, 2.45) is 7.05 Å². The molecule has 2 aliphatic rings. The number of amides is 1. The van der Waals surface area contributed by atoms with E-state index in [1.54, 1.807) is 4.68 Å². The average molecular weight is 248 g/mol. The topological polar surface area (TPSA) is 41.4 Å². The highest BCUT2D eigenvalue weighted by molar-refractivity contribution is 5.92. The molecular formula is C13H20N4O. The van der Waals surface area contributed by atoms with Gasteiger partial charge in [0.2, 0.25) is 0 Å². The largest absolute Gasteiger partial charge is 0.334 e. The number of hydrogen-bond donors (Lipinski definition) is 0. The molecule has 0 aromatic carbocycles. The van der Waals surface area contributed by atoms with Gasteiger partial charge in [0, 0.05) is 32.7 Å². The Hall–Kier alpha value is -1.36. The van der Waals surface area contributed by atoms with Gasteiger partial charge in [0.25, 0.3) is 5.91 Å². The number of carbonyl (C=O) groups excluding carboxylic acids is 1. The molecular weight excluding hydrogens is 228 g/mol. The molecule has 0 unspecified atom stereocenters. The fourth-order valence-electron chi connectivity index (χ4n) is 3.15. The molecule has 3 heterocycles. The van der Waals surface area contributed by atoms with Crippen molar-refractivity contribution in [1.29, 1.82) is 0 Å². The third-order valence-electron chi connectivity index (χ3n) is 4.10. The summed E-state index contributed by atoms with van der Waals surface area (Å²) in [6, 6.07) is 2.46. The molecule has 0 spiro atoms. The van der Waals surface area contributed by atoms with E-state index in [9.17, 15) is 4.79 Å². The quantitative estimate of drug-likeness (QED) is 0.732. The zero-order chi connectivity index (χ0) is 12.7. The first-order valence-electron chi connectivity index (χ1n) is 6.69. The van der Waals surface area contributed by atoms with Crippen LogP contribution in [0.3, 0.4) is 0 Å². The molecule has 3 rings (SSSR count). The van der Waals surface area contributed by atoms with Crippen LogP contribution in [0.1, 0.15) is 29.0 Å². The number of piperazine rings is 1. The van der Waals surface area contributed by atoms with E-state index in [0.717, 1.165) is 25.3 Å². The van der Waals surface area contributed by atoms with Crippen LogP contribution in [0.5, 0.6) is 0 Å². The first-order valence-corrected chi connectivity index (χ1v) is 6.69. The molecule has 5 heteroatoms. The molecule has 0 saturated carbocycles. The molecule has 0 aliphatic carbocycles. The predicted octanol–water partition coefficient (Wildman–Crippen LogP) is 0.649. The summed E-state index contributed by atoms with van der Waals surface area (Å²) >= 11 is 0. The SMILES string of the molecule is Cc1cc(C(=O)N2CCN3CCC[C@@H]3C2)n(C)n1. The Morgan fingerprint density at radius 1 is 1.39 bits per heavy atom. The Bertz CT molecular complexity index is 468. The van der Waals surface area contributed by atoms with Crippen molar-refractivity contribution in [2.75, 3.05) is 26.2 Å². The van der Waals surface area contributed by atoms with Gasteiger partial charge in [-0.15, -0.1) is 0 Å². The fraction of sp³-hybridized carbons (Fsp3) is 0.692. The van der Waals surface area contributed by atoms with E-state index < -0.39 is 0 Å². The van der Waals surface area contributed by atoms with Gasteiger partial charge >= 0.3 is 0 Å². The highest BCUT2D eigenvalue weighted by Crippen LogP contribution is 2.22. The van der Waals surface area contributed by atoms with E-state index in [1.807, 2.05) is 24.9 Å². The second kappa shape index (κ2) is 4.39. The Morgan fingerprint density at radius 3 is 2.94 bits per heavy atom. The first kappa shape index (κ1) is 11.7. The molecule has 1 aromatic rings. The van der Waals surface area contributed by atoms with Crippen LogP contribution < -0.4 is 0 Å². The van der Waals surface area contributed by atoms with Gasteiger partial charge < -0.3 is 4.90 Å². The number of carbonyl (C=O) groups is 1. The number of aryl methyl sites for hydroxylation is 2. The standard InChI is InChI=1S/C13H20N4O/c1-10-8-12(15(2)14-10)13(18)17-7-6-16-5-3-4-11(16)9-17/h8,11H,3-7,9H2,1-2H3/t11-/m1/s1. The van der Waals surface area contributed by atoms with Crippen LogP contribution >= 0.6 is 0 Å². The van der Waals surface area contributed by atoms with Crippen LogP contribution in [0.2, 0.25) is 0 Å². The third kappa shape index (κ3) is 1.92. The normalized spacial score (nSPS) is 24.3. The predicted molar refractivity (Wildman–Crippen MR) is 68.4 cm³/mol.